The predicted octanol–water partition coefficient (Wildman–Crippen LogP) is 1.44. The fourth-order valence-corrected chi connectivity index (χ4v) is 5.21. The lowest BCUT2D eigenvalue weighted by molar-refractivity contribution is -0.134. The highest BCUT2D eigenvalue weighted by molar-refractivity contribution is 7.89. The van der Waals surface area contributed by atoms with Gasteiger partial charge in [-0.15, -0.1) is 0 Å². The number of nitrogens with one attached hydrogen (secondary N) is 1. The number of amides is 2. The molecular formula is C21H25N3O4S. The van der Waals surface area contributed by atoms with Crippen molar-refractivity contribution in [3.63, 3.8) is 0 Å². The Morgan fingerprint density at radius 3 is 2.34 bits per heavy atom. The molecule has 1 saturated heterocycles. The normalized spacial score (nSPS) is 22.4. The van der Waals surface area contributed by atoms with Crippen molar-refractivity contribution < 1.29 is 18.0 Å². The summed E-state index contributed by atoms with van der Waals surface area (Å²) >= 11 is 0. The van der Waals surface area contributed by atoms with Crippen molar-refractivity contribution in [3.05, 3.63) is 42.5 Å². The molecule has 29 heavy (non-hydrogen) atoms. The Morgan fingerprint density at radius 1 is 1.03 bits per heavy atom. The predicted molar refractivity (Wildman–Crippen MR) is 110 cm³/mol. The van der Waals surface area contributed by atoms with E-state index in [1.165, 1.54) is 4.31 Å². The summed E-state index contributed by atoms with van der Waals surface area (Å²) in [5, 5.41) is 4.56. The van der Waals surface area contributed by atoms with E-state index < -0.39 is 10.0 Å². The first kappa shape index (κ1) is 19.8. The molecule has 2 atom stereocenters. The van der Waals surface area contributed by atoms with Crippen molar-refractivity contribution in [2.75, 3.05) is 32.7 Å². The monoisotopic (exact) mass is 415 g/mol. The standard InChI is InChI=1S/C21H25N3O4S/c1-15-12-19(15)21(26)22-14-20(25)23-8-10-24(11-9-23)29(27,28)18-7-6-16-4-2-3-5-17(16)13-18/h2-7,13,15,19H,8-12,14H2,1H3,(H,22,26). The quantitative estimate of drug-likeness (QED) is 0.801. The van der Waals surface area contributed by atoms with E-state index in [1.807, 2.05) is 37.3 Å². The first-order valence-corrected chi connectivity index (χ1v) is 11.3. The minimum Gasteiger partial charge on any atom is -0.347 e. The van der Waals surface area contributed by atoms with Gasteiger partial charge in [0.1, 0.15) is 0 Å². The van der Waals surface area contributed by atoms with Crippen LogP contribution in [0.25, 0.3) is 10.8 Å². The molecule has 2 unspecified atom stereocenters. The number of fused-ring (bicyclic) bond motifs is 1. The van der Waals surface area contributed by atoms with Crippen LogP contribution in [0.15, 0.2) is 47.4 Å². The number of piperazine rings is 1. The van der Waals surface area contributed by atoms with Gasteiger partial charge < -0.3 is 10.2 Å². The Morgan fingerprint density at radius 2 is 1.69 bits per heavy atom. The van der Waals surface area contributed by atoms with Gasteiger partial charge in [-0.1, -0.05) is 37.3 Å². The lowest BCUT2D eigenvalue weighted by Gasteiger charge is -2.34. The maximum atomic E-state index is 13.0. The van der Waals surface area contributed by atoms with Crippen molar-refractivity contribution in [1.29, 1.82) is 0 Å². The van der Waals surface area contributed by atoms with Gasteiger partial charge in [-0.25, -0.2) is 8.42 Å². The van der Waals surface area contributed by atoms with Crippen LogP contribution in [0.5, 0.6) is 0 Å². The van der Waals surface area contributed by atoms with Gasteiger partial charge in [0, 0.05) is 32.1 Å². The van der Waals surface area contributed by atoms with Crippen LogP contribution in [0.3, 0.4) is 0 Å². The average Bonchev–Trinajstić information content (AvgIpc) is 3.48. The SMILES string of the molecule is CC1CC1C(=O)NCC(=O)N1CCN(S(=O)(=O)c2ccc3ccccc3c2)CC1. The van der Waals surface area contributed by atoms with E-state index in [1.54, 1.807) is 17.0 Å². The summed E-state index contributed by atoms with van der Waals surface area (Å²) in [4.78, 5) is 26.1. The Kier molecular flexibility index (Phi) is 5.31. The molecule has 1 heterocycles. The van der Waals surface area contributed by atoms with E-state index in [-0.39, 0.29) is 42.3 Å². The molecule has 7 nitrogen and oxygen atoms in total. The molecule has 4 rings (SSSR count). The molecule has 0 radical (unpaired) electrons. The zero-order valence-electron chi connectivity index (χ0n) is 16.4. The number of hydrogen-bond acceptors (Lipinski definition) is 4. The van der Waals surface area contributed by atoms with Crippen LogP contribution >= 0.6 is 0 Å². The third-order valence-corrected chi connectivity index (χ3v) is 7.70. The van der Waals surface area contributed by atoms with Gasteiger partial charge in [0.05, 0.1) is 11.4 Å². The number of benzene rings is 2. The van der Waals surface area contributed by atoms with Crippen LogP contribution in [-0.2, 0) is 19.6 Å². The molecule has 1 saturated carbocycles. The number of nitrogens with zero attached hydrogens (tertiary/aromatic N) is 2. The lowest BCUT2D eigenvalue weighted by atomic mass is 10.1. The van der Waals surface area contributed by atoms with Crippen LogP contribution in [-0.4, -0.2) is 62.2 Å². The molecule has 2 fully saturated rings. The second kappa shape index (κ2) is 7.76. The van der Waals surface area contributed by atoms with Gasteiger partial charge in [-0.2, -0.15) is 4.31 Å². The highest BCUT2D eigenvalue weighted by Gasteiger charge is 2.39. The van der Waals surface area contributed by atoms with E-state index in [4.69, 9.17) is 0 Å². The molecule has 1 aliphatic heterocycles. The van der Waals surface area contributed by atoms with E-state index in [2.05, 4.69) is 5.32 Å². The van der Waals surface area contributed by atoms with Crippen LogP contribution in [0, 0.1) is 11.8 Å². The Labute approximate surface area is 170 Å². The van der Waals surface area contributed by atoms with Crippen LogP contribution in [0.1, 0.15) is 13.3 Å². The summed E-state index contributed by atoms with van der Waals surface area (Å²) in [5.41, 5.74) is 0. The van der Waals surface area contributed by atoms with Gasteiger partial charge in [0.25, 0.3) is 0 Å². The molecule has 1 aliphatic carbocycles. The fourth-order valence-electron chi connectivity index (χ4n) is 3.75. The molecule has 2 amide bonds. The molecule has 2 aromatic carbocycles. The zero-order chi connectivity index (χ0) is 20.6. The number of hydrogen-bond donors (Lipinski definition) is 1. The van der Waals surface area contributed by atoms with Crippen molar-refractivity contribution in [2.45, 2.75) is 18.2 Å². The third-order valence-electron chi connectivity index (χ3n) is 5.81. The number of carbonyl (C=O) groups excluding carboxylic acids is 2. The van der Waals surface area contributed by atoms with Crippen molar-refractivity contribution in [1.82, 2.24) is 14.5 Å². The lowest BCUT2D eigenvalue weighted by Crippen LogP contribution is -2.52. The van der Waals surface area contributed by atoms with Crippen LogP contribution in [0.4, 0.5) is 0 Å². The van der Waals surface area contributed by atoms with Gasteiger partial charge >= 0.3 is 0 Å². The molecule has 0 spiro atoms. The van der Waals surface area contributed by atoms with E-state index in [9.17, 15) is 18.0 Å². The van der Waals surface area contributed by atoms with Crippen molar-refractivity contribution >= 4 is 32.6 Å². The average molecular weight is 416 g/mol. The van der Waals surface area contributed by atoms with E-state index in [0.717, 1.165) is 17.2 Å². The molecule has 0 bridgehead atoms. The second-order valence-corrected chi connectivity index (χ2v) is 9.77. The largest absolute Gasteiger partial charge is 0.347 e. The molecule has 0 aromatic heterocycles. The van der Waals surface area contributed by atoms with E-state index in [0.29, 0.717) is 19.0 Å². The third kappa shape index (κ3) is 4.13. The maximum Gasteiger partial charge on any atom is 0.243 e. The van der Waals surface area contributed by atoms with Gasteiger partial charge in [0.15, 0.2) is 0 Å². The number of carbonyl (C=O) groups is 2. The summed E-state index contributed by atoms with van der Waals surface area (Å²) in [6, 6.07) is 12.8. The molecule has 154 valence electrons. The van der Waals surface area contributed by atoms with Crippen molar-refractivity contribution in [3.8, 4) is 0 Å². The highest BCUT2D eigenvalue weighted by Crippen LogP contribution is 2.37. The first-order chi connectivity index (χ1) is 13.9. The topological polar surface area (TPSA) is 86.8 Å². The first-order valence-electron chi connectivity index (χ1n) is 9.91. The van der Waals surface area contributed by atoms with E-state index >= 15 is 0 Å². The second-order valence-electron chi connectivity index (χ2n) is 7.83. The van der Waals surface area contributed by atoms with Crippen LogP contribution < -0.4 is 5.32 Å². The summed E-state index contributed by atoms with van der Waals surface area (Å²) in [6.45, 7) is 3.12. The minimum absolute atomic E-state index is 0.0283. The fraction of sp³-hybridized carbons (Fsp3) is 0.429. The van der Waals surface area contributed by atoms with Crippen molar-refractivity contribution in [2.24, 2.45) is 11.8 Å². The molecule has 1 N–H and O–H groups in total. The number of sulfonamides is 1. The van der Waals surface area contributed by atoms with Gasteiger partial charge in [-0.3, -0.25) is 9.59 Å². The van der Waals surface area contributed by atoms with Crippen LogP contribution in [0.2, 0.25) is 0 Å². The summed E-state index contributed by atoms with van der Waals surface area (Å²) in [7, 11) is -3.61. The molecular weight excluding hydrogens is 390 g/mol. The minimum atomic E-state index is -3.61. The summed E-state index contributed by atoms with van der Waals surface area (Å²) in [5.74, 6) is 0.193. The highest BCUT2D eigenvalue weighted by atomic mass is 32.2. The van der Waals surface area contributed by atoms with Gasteiger partial charge in [0.2, 0.25) is 21.8 Å². The van der Waals surface area contributed by atoms with Gasteiger partial charge in [-0.05, 0) is 35.2 Å². The summed E-state index contributed by atoms with van der Waals surface area (Å²) in [6.07, 6.45) is 0.880. The molecule has 8 heteroatoms. The number of rotatable bonds is 5. The molecule has 2 aliphatic rings. The summed E-state index contributed by atoms with van der Waals surface area (Å²) < 4.78 is 27.4. The maximum absolute atomic E-state index is 13.0. The Hall–Kier alpha value is -2.45. The Bertz CT molecular complexity index is 1040. The molecule has 2 aromatic rings. The Balaban J connectivity index is 1.35. The zero-order valence-corrected chi connectivity index (χ0v) is 17.2. The smallest absolute Gasteiger partial charge is 0.243 e.